The number of nitrogens with one attached hydrogen (secondary N) is 1. The molecule has 1 aliphatic rings. The van der Waals surface area contributed by atoms with E-state index in [1.807, 2.05) is 11.4 Å². The molecular weight excluding hydrogens is 351 g/mol. The van der Waals surface area contributed by atoms with Gasteiger partial charge in [0.15, 0.2) is 6.10 Å². The predicted octanol–water partition coefficient (Wildman–Crippen LogP) is 2.00. The molecule has 0 aliphatic carbocycles. The van der Waals surface area contributed by atoms with Crippen LogP contribution in [0, 0.1) is 11.3 Å². The van der Waals surface area contributed by atoms with Crippen LogP contribution < -0.4 is 10.1 Å². The average molecular weight is 369 g/mol. The first kappa shape index (κ1) is 19.6. The first-order valence-electron chi connectivity index (χ1n) is 8.03. The lowest BCUT2D eigenvalue weighted by atomic mass is 10.2. The third-order valence-corrected chi connectivity index (χ3v) is 3.93. The molecule has 0 aromatic heterocycles. The Morgan fingerprint density at radius 1 is 1.46 bits per heavy atom. The summed E-state index contributed by atoms with van der Waals surface area (Å²) in [5, 5.41) is 10.7. The van der Waals surface area contributed by atoms with E-state index in [-0.39, 0.29) is 6.54 Å². The minimum absolute atomic E-state index is 0.273. The second kappa shape index (κ2) is 8.08. The fourth-order valence-corrected chi connectivity index (χ4v) is 2.74. The SMILES string of the molecule is C[C@H](Oc1cccc(C#N)c1)C(=O)N1CCC[C@H]1C(=O)NCC(F)(F)F. The number of benzene rings is 1. The summed E-state index contributed by atoms with van der Waals surface area (Å²) >= 11 is 0. The Bertz CT molecular complexity index is 715. The highest BCUT2D eigenvalue weighted by molar-refractivity contribution is 5.90. The summed E-state index contributed by atoms with van der Waals surface area (Å²) in [7, 11) is 0. The summed E-state index contributed by atoms with van der Waals surface area (Å²) in [6.45, 7) is 0.330. The van der Waals surface area contributed by atoms with Crippen LogP contribution in [0.3, 0.4) is 0 Å². The van der Waals surface area contributed by atoms with Gasteiger partial charge >= 0.3 is 6.18 Å². The van der Waals surface area contributed by atoms with Crippen LogP contribution in [0.25, 0.3) is 0 Å². The van der Waals surface area contributed by atoms with Crippen LogP contribution in [0.5, 0.6) is 5.75 Å². The normalized spacial score (nSPS) is 18.1. The Morgan fingerprint density at radius 3 is 2.85 bits per heavy atom. The van der Waals surface area contributed by atoms with Crippen LogP contribution in [0.4, 0.5) is 13.2 Å². The predicted molar refractivity (Wildman–Crippen MR) is 85.0 cm³/mol. The highest BCUT2D eigenvalue weighted by atomic mass is 19.4. The summed E-state index contributed by atoms with van der Waals surface area (Å²) in [4.78, 5) is 25.8. The van der Waals surface area contributed by atoms with Gasteiger partial charge in [0, 0.05) is 6.54 Å². The summed E-state index contributed by atoms with van der Waals surface area (Å²) in [6.07, 6.45) is -4.64. The van der Waals surface area contributed by atoms with E-state index >= 15 is 0 Å². The van der Waals surface area contributed by atoms with E-state index in [0.717, 1.165) is 0 Å². The third kappa shape index (κ3) is 5.12. The van der Waals surface area contributed by atoms with E-state index in [4.69, 9.17) is 10.00 Å². The maximum absolute atomic E-state index is 12.6. The highest BCUT2D eigenvalue weighted by Gasteiger charge is 2.38. The minimum Gasteiger partial charge on any atom is -0.481 e. The second-order valence-corrected chi connectivity index (χ2v) is 5.92. The Balaban J connectivity index is 2.00. The van der Waals surface area contributed by atoms with E-state index in [1.165, 1.54) is 17.9 Å². The van der Waals surface area contributed by atoms with Gasteiger partial charge in [-0.15, -0.1) is 0 Å². The number of hydrogen-bond donors (Lipinski definition) is 1. The van der Waals surface area contributed by atoms with Gasteiger partial charge in [0.05, 0.1) is 11.6 Å². The van der Waals surface area contributed by atoms with Crippen molar-refractivity contribution >= 4 is 11.8 Å². The van der Waals surface area contributed by atoms with Crippen molar-refractivity contribution in [3.05, 3.63) is 29.8 Å². The van der Waals surface area contributed by atoms with E-state index < -0.39 is 36.7 Å². The molecule has 1 N–H and O–H groups in total. The van der Waals surface area contributed by atoms with Crippen LogP contribution in [0.15, 0.2) is 24.3 Å². The van der Waals surface area contributed by atoms with Gasteiger partial charge in [0.25, 0.3) is 5.91 Å². The average Bonchev–Trinajstić information content (AvgIpc) is 3.08. The van der Waals surface area contributed by atoms with Gasteiger partial charge < -0.3 is 15.0 Å². The zero-order valence-corrected chi connectivity index (χ0v) is 14.0. The molecule has 2 rings (SSSR count). The molecule has 140 valence electrons. The smallest absolute Gasteiger partial charge is 0.405 e. The second-order valence-electron chi connectivity index (χ2n) is 5.92. The number of carbonyl (C=O) groups excluding carboxylic acids is 2. The molecule has 6 nitrogen and oxygen atoms in total. The number of nitrogens with zero attached hydrogens (tertiary/aromatic N) is 2. The van der Waals surface area contributed by atoms with Crippen LogP contribution in [0.1, 0.15) is 25.3 Å². The molecule has 0 spiro atoms. The van der Waals surface area contributed by atoms with Crippen LogP contribution in [-0.4, -0.2) is 48.1 Å². The largest absolute Gasteiger partial charge is 0.481 e. The van der Waals surface area contributed by atoms with Crippen molar-refractivity contribution < 1.29 is 27.5 Å². The lowest BCUT2D eigenvalue weighted by molar-refractivity contribution is -0.147. The number of halogens is 3. The number of carbonyl (C=O) groups is 2. The first-order valence-corrected chi connectivity index (χ1v) is 8.03. The van der Waals surface area contributed by atoms with Crippen molar-refractivity contribution in [2.75, 3.05) is 13.1 Å². The number of rotatable bonds is 5. The number of hydrogen-bond acceptors (Lipinski definition) is 4. The molecular formula is C17H18F3N3O3. The Labute approximate surface area is 148 Å². The zero-order chi connectivity index (χ0) is 19.3. The lowest BCUT2D eigenvalue weighted by Crippen LogP contribution is -2.50. The zero-order valence-electron chi connectivity index (χ0n) is 14.0. The fraction of sp³-hybridized carbons (Fsp3) is 0.471. The Kier molecular flexibility index (Phi) is 6.08. The molecule has 26 heavy (non-hydrogen) atoms. The molecule has 2 atom stereocenters. The highest BCUT2D eigenvalue weighted by Crippen LogP contribution is 2.21. The van der Waals surface area contributed by atoms with Crippen LogP contribution in [0.2, 0.25) is 0 Å². The minimum atomic E-state index is -4.51. The van der Waals surface area contributed by atoms with E-state index in [9.17, 15) is 22.8 Å². The van der Waals surface area contributed by atoms with Gasteiger partial charge in [0.1, 0.15) is 18.3 Å². The molecule has 1 saturated heterocycles. The summed E-state index contributed by atoms with van der Waals surface area (Å²) in [5.74, 6) is -0.994. The third-order valence-electron chi connectivity index (χ3n) is 3.93. The fourth-order valence-electron chi connectivity index (χ4n) is 2.74. The van der Waals surface area contributed by atoms with Gasteiger partial charge in [-0.05, 0) is 38.0 Å². The van der Waals surface area contributed by atoms with Gasteiger partial charge in [-0.25, -0.2) is 0 Å². The molecule has 9 heteroatoms. The maximum Gasteiger partial charge on any atom is 0.405 e. The summed E-state index contributed by atoms with van der Waals surface area (Å²) in [5.41, 5.74) is 0.368. The lowest BCUT2D eigenvalue weighted by Gasteiger charge is -2.27. The molecule has 0 unspecified atom stereocenters. The van der Waals surface area contributed by atoms with E-state index in [0.29, 0.717) is 24.2 Å². The molecule has 1 aliphatic heterocycles. The molecule has 1 heterocycles. The standard InChI is InChI=1S/C17H18F3N3O3/c1-11(26-13-5-2-4-12(8-13)9-21)16(25)23-7-3-6-14(23)15(24)22-10-17(18,19)20/h2,4-5,8,11,14H,3,6-7,10H2,1H3,(H,22,24)/t11-,14-/m0/s1. The van der Waals surface area contributed by atoms with E-state index in [2.05, 4.69) is 0 Å². The Hall–Kier alpha value is -2.76. The topological polar surface area (TPSA) is 82.4 Å². The quantitative estimate of drug-likeness (QED) is 0.861. The molecule has 1 fully saturated rings. The molecule has 2 amide bonds. The number of likely N-dealkylation sites (tertiary alicyclic amines) is 1. The summed E-state index contributed by atoms with van der Waals surface area (Å²) in [6, 6.07) is 7.26. The van der Waals surface area contributed by atoms with Crippen molar-refractivity contribution in [1.82, 2.24) is 10.2 Å². The van der Waals surface area contributed by atoms with Crippen molar-refractivity contribution in [2.45, 2.75) is 38.1 Å². The Morgan fingerprint density at radius 2 is 2.19 bits per heavy atom. The van der Waals surface area contributed by atoms with E-state index in [1.54, 1.807) is 18.2 Å². The van der Waals surface area contributed by atoms with Crippen molar-refractivity contribution in [2.24, 2.45) is 0 Å². The van der Waals surface area contributed by atoms with Crippen LogP contribution >= 0.6 is 0 Å². The maximum atomic E-state index is 12.6. The van der Waals surface area contributed by atoms with Gasteiger partial charge in [0.2, 0.25) is 5.91 Å². The summed E-state index contributed by atoms with van der Waals surface area (Å²) < 4.78 is 42.3. The number of amides is 2. The number of ether oxygens (including phenoxy) is 1. The molecule has 1 aromatic carbocycles. The number of nitriles is 1. The first-order chi connectivity index (χ1) is 12.2. The monoisotopic (exact) mass is 369 g/mol. The van der Waals surface area contributed by atoms with Crippen molar-refractivity contribution in [3.63, 3.8) is 0 Å². The van der Waals surface area contributed by atoms with Crippen LogP contribution in [-0.2, 0) is 9.59 Å². The molecule has 0 saturated carbocycles. The van der Waals surface area contributed by atoms with Crippen molar-refractivity contribution in [3.8, 4) is 11.8 Å². The van der Waals surface area contributed by atoms with Gasteiger partial charge in [-0.2, -0.15) is 18.4 Å². The van der Waals surface area contributed by atoms with Crippen molar-refractivity contribution in [1.29, 1.82) is 5.26 Å². The molecule has 0 radical (unpaired) electrons. The molecule has 0 bridgehead atoms. The number of alkyl halides is 3. The van der Waals surface area contributed by atoms with Gasteiger partial charge in [-0.1, -0.05) is 6.07 Å². The molecule has 1 aromatic rings. The van der Waals surface area contributed by atoms with Gasteiger partial charge in [-0.3, -0.25) is 9.59 Å².